The number of hydrogen-bond donors (Lipinski definition) is 0. The summed E-state index contributed by atoms with van der Waals surface area (Å²) in [5.41, 5.74) is 15.4. The lowest BCUT2D eigenvalue weighted by Gasteiger charge is -2.31. The molecule has 2 nitrogen and oxygen atoms in total. The molecule has 0 saturated heterocycles. The summed E-state index contributed by atoms with van der Waals surface area (Å²) in [5, 5.41) is 5.15. The van der Waals surface area contributed by atoms with Crippen molar-refractivity contribution in [2.75, 3.05) is 0 Å². The lowest BCUT2D eigenvalue weighted by molar-refractivity contribution is 1.18. The third-order valence-electron chi connectivity index (χ3n) is 12.8. The van der Waals surface area contributed by atoms with Crippen molar-refractivity contribution in [1.82, 2.24) is 9.13 Å². The lowest BCUT2D eigenvalue weighted by Crippen LogP contribution is -2.58. The Morgan fingerprint density at radius 1 is 0.300 bits per heavy atom. The van der Waals surface area contributed by atoms with Crippen molar-refractivity contribution in [3.63, 3.8) is 0 Å². The second-order valence-electron chi connectivity index (χ2n) is 15.9. The van der Waals surface area contributed by atoms with Gasteiger partial charge < -0.3 is 9.13 Å². The number of hydrogen-bond acceptors (Lipinski definition) is 2. The molecular formula is C54H34B2N2S2. The fourth-order valence-corrected chi connectivity index (χ4v) is 12.7. The Bertz CT molecular complexity index is 3190. The fourth-order valence-electron chi connectivity index (χ4n) is 10.5. The van der Waals surface area contributed by atoms with Crippen LogP contribution in [0.1, 0.15) is 0 Å². The van der Waals surface area contributed by atoms with Gasteiger partial charge in [-0.15, -0.1) is 0 Å². The van der Waals surface area contributed by atoms with E-state index in [2.05, 4.69) is 215 Å². The molecule has 0 spiro atoms. The summed E-state index contributed by atoms with van der Waals surface area (Å²) in [7, 11) is 0. The van der Waals surface area contributed by atoms with E-state index in [0.717, 1.165) is 11.4 Å². The molecule has 60 heavy (non-hydrogen) atoms. The van der Waals surface area contributed by atoms with E-state index in [1.807, 2.05) is 23.5 Å². The van der Waals surface area contributed by atoms with E-state index < -0.39 is 0 Å². The second kappa shape index (κ2) is 13.5. The predicted octanol–water partition coefficient (Wildman–Crippen LogP) is 9.84. The van der Waals surface area contributed by atoms with Gasteiger partial charge in [-0.1, -0.05) is 191 Å². The van der Waals surface area contributed by atoms with Crippen LogP contribution in [0, 0.1) is 0 Å². The molecule has 0 aliphatic carbocycles. The summed E-state index contributed by atoms with van der Waals surface area (Å²) < 4.78 is 5.19. The maximum atomic E-state index is 2.60. The van der Waals surface area contributed by atoms with Gasteiger partial charge in [0, 0.05) is 63.5 Å². The maximum Gasteiger partial charge on any atom is 0.247 e. The van der Waals surface area contributed by atoms with Crippen LogP contribution < -0.4 is 32.8 Å². The Morgan fingerprint density at radius 2 is 0.600 bits per heavy atom. The molecule has 0 bridgehead atoms. The quantitative estimate of drug-likeness (QED) is 0.164. The van der Waals surface area contributed by atoms with Crippen molar-refractivity contribution < 1.29 is 0 Å². The molecule has 0 atom stereocenters. The van der Waals surface area contributed by atoms with E-state index in [-0.39, 0.29) is 13.4 Å². The van der Waals surface area contributed by atoms with Crippen LogP contribution in [-0.4, -0.2) is 22.6 Å². The first kappa shape index (κ1) is 34.3. The first-order valence-corrected chi connectivity index (χ1v) is 22.3. The highest BCUT2D eigenvalue weighted by atomic mass is 32.2. The molecule has 0 amide bonds. The van der Waals surface area contributed by atoms with E-state index in [4.69, 9.17) is 0 Å². The number of aromatic nitrogens is 2. The minimum Gasteiger partial charge on any atom is -0.310 e. The number of nitrogens with zero attached hydrogens (tertiary/aromatic N) is 2. The monoisotopic (exact) mass is 796 g/mol. The van der Waals surface area contributed by atoms with Crippen molar-refractivity contribution in [2.45, 2.75) is 19.6 Å². The molecule has 13 rings (SSSR count). The van der Waals surface area contributed by atoms with E-state index in [0.29, 0.717) is 0 Å². The van der Waals surface area contributed by atoms with Crippen LogP contribution in [0.4, 0.5) is 0 Å². The van der Waals surface area contributed by atoms with Gasteiger partial charge in [-0.2, -0.15) is 0 Å². The molecule has 4 heterocycles. The van der Waals surface area contributed by atoms with Crippen LogP contribution in [0.3, 0.4) is 0 Å². The van der Waals surface area contributed by atoms with Gasteiger partial charge in [0.25, 0.3) is 0 Å². The fraction of sp³-hybridized carbons (Fsp3) is 0. The van der Waals surface area contributed by atoms with Gasteiger partial charge in [0.2, 0.25) is 13.4 Å². The molecule has 0 fully saturated rings. The van der Waals surface area contributed by atoms with Gasteiger partial charge >= 0.3 is 0 Å². The Labute approximate surface area is 357 Å². The summed E-state index contributed by atoms with van der Waals surface area (Å²) in [4.78, 5) is 5.25. The third-order valence-corrected chi connectivity index (χ3v) is 15.1. The molecule has 2 aliphatic heterocycles. The molecule has 0 saturated carbocycles. The summed E-state index contributed by atoms with van der Waals surface area (Å²) in [6.07, 6.45) is 0. The normalized spacial score (nSPS) is 13.1. The molecule has 0 N–H and O–H groups in total. The molecule has 0 radical (unpaired) electrons. The number of rotatable bonds is 4. The molecule has 2 aromatic heterocycles. The minimum absolute atomic E-state index is 0.0408. The third kappa shape index (κ3) is 4.89. The minimum atomic E-state index is -0.0408. The number of fused-ring (bicyclic) bond motifs is 10. The molecule has 6 heteroatoms. The zero-order chi connectivity index (χ0) is 39.3. The van der Waals surface area contributed by atoms with E-state index in [1.165, 1.54) is 96.0 Å². The zero-order valence-corrected chi connectivity index (χ0v) is 34.1. The summed E-state index contributed by atoms with van der Waals surface area (Å²) in [6, 6.07) is 77.0. The van der Waals surface area contributed by atoms with Crippen LogP contribution in [0.5, 0.6) is 0 Å². The van der Waals surface area contributed by atoms with E-state index >= 15 is 0 Å². The first-order valence-electron chi connectivity index (χ1n) is 20.7. The number of benzene rings is 9. The largest absolute Gasteiger partial charge is 0.310 e. The molecule has 11 aromatic rings. The SMILES string of the molecule is c1ccc(-n2c3ccccc3c3c(B4c5ccccc5Sc5ccccc54)c4c(c(B5c6ccccc6Sc6ccccc65)c32)c2ccccc2n4-c2ccccc2)cc1. The maximum absolute atomic E-state index is 2.60. The smallest absolute Gasteiger partial charge is 0.247 e. The van der Waals surface area contributed by atoms with Crippen molar-refractivity contribution in [3.8, 4) is 11.4 Å². The second-order valence-corrected chi connectivity index (χ2v) is 18.0. The molecule has 278 valence electrons. The molecular weight excluding hydrogens is 762 g/mol. The standard InChI is InChI=1S/C54H34B2N2S2/c1-3-19-35(20-4-1)57-43-29-13-7-23-37(43)49-52(56-41-27-11-17-33-47(41)60-48-34-18-12-28-42(48)56)54-50(38-24-8-14-30-44(38)58(54)36-21-5-2-6-22-36)51(53(49)57)55-39-25-9-15-31-45(39)59-46-32-16-10-26-40(46)55/h1-34H. The number of para-hydroxylation sites is 4. The van der Waals surface area contributed by atoms with Gasteiger partial charge in [0.15, 0.2) is 0 Å². The highest BCUT2D eigenvalue weighted by Crippen LogP contribution is 2.41. The van der Waals surface area contributed by atoms with Gasteiger partial charge in [-0.05, 0) is 71.6 Å². The van der Waals surface area contributed by atoms with E-state index in [9.17, 15) is 0 Å². The van der Waals surface area contributed by atoms with Crippen molar-refractivity contribution >= 4 is 113 Å². The van der Waals surface area contributed by atoms with Crippen molar-refractivity contribution in [2.24, 2.45) is 0 Å². The molecule has 2 aliphatic rings. The van der Waals surface area contributed by atoms with Gasteiger partial charge in [0.1, 0.15) is 0 Å². The average Bonchev–Trinajstić information content (AvgIpc) is 3.84. The zero-order valence-electron chi connectivity index (χ0n) is 32.5. The Hall–Kier alpha value is -6.59. The molecule has 0 unspecified atom stereocenters. The summed E-state index contributed by atoms with van der Waals surface area (Å²) >= 11 is 3.80. The van der Waals surface area contributed by atoms with Crippen LogP contribution in [0.25, 0.3) is 55.0 Å². The van der Waals surface area contributed by atoms with Gasteiger partial charge in [-0.25, -0.2) is 0 Å². The highest BCUT2D eigenvalue weighted by molar-refractivity contribution is 8.00. The topological polar surface area (TPSA) is 9.86 Å². The van der Waals surface area contributed by atoms with Crippen molar-refractivity contribution in [3.05, 3.63) is 206 Å². The first-order chi connectivity index (χ1) is 29.8. The van der Waals surface area contributed by atoms with Crippen molar-refractivity contribution in [1.29, 1.82) is 0 Å². The average molecular weight is 797 g/mol. The van der Waals surface area contributed by atoms with Gasteiger partial charge in [-0.3, -0.25) is 0 Å². The Kier molecular flexibility index (Phi) is 7.70. The Balaban J connectivity index is 1.37. The molecule has 9 aromatic carbocycles. The predicted molar refractivity (Wildman–Crippen MR) is 258 cm³/mol. The lowest BCUT2D eigenvalue weighted by atomic mass is 9.33. The van der Waals surface area contributed by atoms with Crippen LogP contribution in [-0.2, 0) is 0 Å². The summed E-state index contributed by atoms with van der Waals surface area (Å²) in [5.74, 6) is 0. The van der Waals surface area contributed by atoms with Crippen LogP contribution >= 0.6 is 23.5 Å². The summed E-state index contributed by atoms with van der Waals surface area (Å²) in [6.45, 7) is -0.0815. The van der Waals surface area contributed by atoms with E-state index in [1.54, 1.807) is 0 Å². The van der Waals surface area contributed by atoms with Crippen LogP contribution in [0.2, 0.25) is 0 Å². The van der Waals surface area contributed by atoms with Gasteiger partial charge in [0.05, 0.1) is 11.0 Å². The Morgan fingerprint density at radius 3 is 0.967 bits per heavy atom. The highest BCUT2D eigenvalue weighted by Gasteiger charge is 2.41. The van der Waals surface area contributed by atoms with Crippen LogP contribution in [0.15, 0.2) is 226 Å².